The maximum absolute atomic E-state index is 7.23. The van der Waals surface area contributed by atoms with Crippen molar-refractivity contribution < 1.29 is 14.7 Å². The van der Waals surface area contributed by atoms with Crippen LogP contribution in [0.15, 0.2) is 30.3 Å². The van der Waals surface area contributed by atoms with E-state index < -0.39 is 8.60 Å². The molecule has 0 radical (unpaired) electrons. The Morgan fingerprint density at radius 1 is 1.07 bits per heavy atom. The van der Waals surface area contributed by atoms with E-state index in [1.165, 1.54) is 24.8 Å². The Bertz CT molecular complexity index is 211. The topological polar surface area (TPSA) is 60.7 Å². The minimum Gasteiger partial charge on any atom is -0.328 e. The van der Waals surface area contributed by atoms with Gasteiger partial charge in [-0.2, -0.15) is 0 Å². The van der Waals surface area contributed by atoms with Crippen LogP contribution in [0.4, 0.5) is 0 Å². The second-order valence-corrected chi connectivity index (χ2v) is 3.39. The van der Waals surface area contributed by atoms with Crippen molar-refractivity contribution in [1.82, 2.24) is 0 Å². The Hall–Kier alpha value is -0.470. The quantitative estimate of drug-likeness (QED) is 0.679. The predicted molar refractivity (Wildman–Crippen MR) is 58.6 cm³/mol. The van der Waals surface area contributed by atoms with Gasteiger partial charge in [-0.25, -0.2) is 0 Å². The molecular weight excluding hydrogens is 199 g/mol. The smallest absolute Gasteiger partial charge is 0.324 e. The molecule has 0 saturated heterocycles. The summed E-state index contributed by atoms with van der Waals surface area (Å²) < 4.78 is 0. The van der Waals surface area contributed by atoms with Gasteiger partial charge in [0.1, 0.15) is 0 Å². The normalized spacial score (nSPS) is 9.50. The molecule has 0 aliphatic rings. The second-order valence-electron chi connectivity index (χ2n) is 2.86. The van der Waals surface area contributed by atoms with Gasteiger partial charge in [0.2, 0.25) is 0 Å². The molecule has 0 aliphatic carbocycles. The summed E-state index contributed by atoms with van der Waals surface area (Å²) in [5, 5.41) is 0. The Labute approximate surface area is 86.0 Å². The fourth-order valence-electron chi connectivity index (χ4n) is 1.03. The van der Waals surface area contributed by atoms with Crippen LogP contribution in [0.25, 0.3) is 0 Å². The van der Waals surface area contributed by atoms with E-state index in [0.717, 1.165) is 0 Å². The average molecular weight is 216 g/mol. The molecule has 1 aromatic rings. The van der Waals surface area contributed by atoms with Crippen LogP contribution >= 0.6 is 8.60 Å². The molecule has 0 unspecified atom stereocenters. The minimum atomic E-state index is -2.62. The van der Waals surface area contributed by atoms with E-state index in [1.807, 2.05) is 0 Å². The van der Waals surface area contributed by atoms with Gasteiger partial charge >= 0.3 is 8.60 Å². The van der Waals surface area contributed by atoms with Crippen LogP contribution in [0.2, 0.25) is 0 Å². The van der Waals surface area contributed by atoms with Crippen molar-refractivity contribution in [2.45, 2.75) is 26.2 Å². The lowest BCUT2D eigenvalue weighted by Crippen LogP contribution is -1.81. The summed E-state index contributed by atoms with van der Waals surface area (Å²) in [6, 6.07) is 10.6. The first kappa shape index (κ1) is 13.5. The van der Waals surface area contributed by atoms with Crippen LogP contribution in [0.3, 0.4) is 0 Å². The van der Waals surface area contributed by atoms with Gasteiger partial charge in [0, 0.05) is 0 Å². The Morgan fingerprint density at radius 2 is 1.57 bits per heavy atom. The van der Waals surface area contributed by atoms with E-state index in [1.54, 1.807) is 0 Å². The molecule has 0 spiro atoms. The van der Waals surface area contributed by atoms with Crippen molar-refractivity contribution in [1.29, 1.82) is 0 Å². The van der Waals surface area contributed by atoms with Gasteiger partial charge < -0.3 is 14.7 Å². The molecule has 0 bridgehead atoms. The molecule has 4 heteroatoms. The summed E-state index contributed by atoms with van der Waals surface area (Å²) in [6.45, 7) is 2.23. The maximum Gasteiger partial charge on any atom is 0.324 e. The number of unbranched alkanes of at least 4 members (excludes halogenated alkanes) is 1. The molecule has 1 rings (SSSR count). The Balaban J connectivity index is 0.000000364. The number of hydrogen-bond acceptors (Lipinski definition) is 3. The van der Waals surface area contributed by atoms with Gasteiger partial charge in [-0.3, -0.25) is 0 Å². The van der Waals surface area contributed by atoms with Crippen LogP contribution in [0, 0.1) is 0 Å². The lowest BCUT2D eigenvalue weighted by atomic mass is 10.1. The highest BCUT2D eigenvalue weighted by molar-refractivity contribution is 7.38. The van der Waals surface area contributed by atoms with Crippen LogP contribution < -0.4 is 0 Å². The van der Waals surface area contributed by atoms with Crippen molar-refractivity contribution >= 4 is 8.60 Å². The van der Waals surface area contributed by atoms with Crippen molar-refractivity contribution in [2.75, 3.05) is 0 Å². The van der Waals surface area contributed by atoms with E-state index >= 15 is 0 Å². The van der Waals surface area contributed by atoms with Crippen molar-refractivity contribution in [3.8, 4) is 0 Å². The largest absolute Gasteiger partial charge is 0.328 e. The van der Waals surface area contributed by atoms with E-state index in [-0.39, 0.29) is 0 Å². The molecule has 0 fully saturated rings. The monoisotopic (exact) mass is 216 g/mol. The zero-order valence-corrected chi connectivity index (χ0v) is 9.19. The molecule has 3 N–H and O–H groups in total. The van der Waals surface area contributed by atoms with Crippen molar-refractivity contribution in [2.24, 2.45) is 0 Å². The summed E-state index contributed by atoms with van der Waals surface area (Å²) >= 11 is 0. The SMILES string of the molecule is CCCCc1ccccc1.OP(O)O. The lowest BCUT2D eigenvalue weighted by molar-refractivity contribution is 0.368. The average Bonchev–Trinajstić information content (AvgIpc) is 2.15. The minimum absolute atomic E-state index is 1.23. The summed E-state index contributed by atoms with van der Waals surface area (Å²) in [7, 11) is -2.62. The number of hydrogen-bond donors (Lipinski definition) is 3. The molecule has 0 aromatic heterocycles. The maximum atomic E-state index is 7.23. The van der Waals surface area contributed by atoms with Crippen molar-refractivity contribution in [3.63, 3.8) is 0 Å². The predicted octanol–water partition coefficient (Wildman–Crippen LogP) is 2.22. The molecule has 0 aliphatic heterocycles. The molecule has 3 nitrogen and oxygen atoms in total. The fourth-order valence-corrected chi connectivity index (χ4v) is 1.03. The number of aryl methyl sites for hydroxylation is 1. The molecule has 14 heavy (non-hydrogen) atoms. The second kappa shape index (κ2) is 9.10. The molecule has 0 heterocycles. The molecule has 0 atom stereocenters. The number of benzene rings is 1. The Morgan fingerprint density at radius 3 is 2.00 bits per heavy atom. The van der Waals surface area contributed by atoms with Gasteiger partial charge in [0.15, 0.2) is 0 Å². The van der Waals surface area contributed by atoms with E-state index in [0.29, 0.717) is 0 Å². The summed E-state index contributed by atoms with van der Waals surface area (Å²) in [6.07, 6.45) is 3.83. The molecule has 1 aromatic carbocycles. The van der Waals surface area contributed by atoms with Crippen LogP contribution in [0.5, 0.6) is 0 Å². The highest BCUT2D eigenvalue weighted by atomic mass is 31.2. The first-order valence-corrected chi connectivity index (χ1v) is 5.77. The van der Waals surface area contributed by atoms with Crippen LogP contribution in [-0.4, -0.2) is 14.7 Å². The Kier molecular flexibility index (Phi) is 8.79. The molecule has 0 saturated carbocycles. The van der Waals surface area contributed by atoms with Gasteiger partial charge in [0.05, 0.1) is 0 Å². The lowest BCUT2D eigenvalue weighted by Gasteiger charge is -1.96. The number of rotatable bonds is 3. The third-order valence-electron chi connectivity index (χ3n) is 1.66. The van der Waals surface area contributed by atoms with Gasteiger partial charge in [0.25, 0.3) is 0 Å². The first-order valence-electron chi connectivity index (χ1n) is 4.57. The summed E-state index contributed by atoms with van der Waals surface area (Å²) in [5.41, 5.74) is 1.46. The zero-order chi connectivity index (χ0) is 10.8. The van der Waals surface area contributed by atoms with Crippen LogP contribution in [0.1, 0.15) is 25.3 Å². The molecule has 0 amide bonds. The highest BCUT2D eigenvalue weighted by Gasteiger charge is 1.87. The van der Waals surface area contributed by atoms with E-state index in [2.05, 4.69) is 37.3 Å². The van der Waals surface area contributed by atoms with E-state index in [4.69, 9.17) is 14.7 Å². The van der Waals surface area contributed by atoms with Gasteiger partial charge in [-0.05, 0) is 18.4 Å². The van der Waals surface area contributed by atoms with E-state index in [9.17, 15) is 0 Å². The van der Waals surface area contributed by atoms with Gasteiger partial charge in [-0.15, -0.1) is 0 Å². The van der Waals surface area contributed by atoms with Gasteiger partial charge in [-0.1, -0.05) is 43.7 Å². The van der Waals surface area contributed by atoms with Crippen molar-refractivity contribution in [3.05, 3.63) is 35.9 Å². The third kappa shape index (κ3) is 9.62. The summed E-state index contributed by atoms with van der Waals surface area (Å²) in [5.74, 6) is 0. The third-order valence-corrected chi connectivity index (χ3v) is 1.66. The zero-order valence-electron chi connectivity index (χ0n) is 8.30. The fraction of sp³-hybridized carbons (Fsp3) is 0.400. The van der Waals surface area contributed by atoms with Crippen LogP contribution in [-0.2, 0) is 6.42 Å². The molecule has 80 valence electrons. The standard InChI is InChI=1S/C10H14.H3O3P/c1-2-3-7-10-8-5-4-6-9-10;1-4(2)3/h4-6,8-9H,2-3,7H2,1H3;1-3H. The first-order chi connectivity index (χ1) is 6.66. The highest BCUT2D eigenvalue weighted by Crippen LogP contribution is 2.11. The molecular formula is C10H17O3P. The summed E-state index contributed by atoms with van der Waals surface area (Å²) in [4.78, 5) is 21.7.